The van der Waals surface area contributed by atoms with Crippen molar-refractivity contribution in [2.45, 2.75) is 24.8 Å². The summed E-state index contributed by atoms with van der Waals surface area (Å²) in [6.45, 7) is 3.97. The van der Waals surface area contributed by atoms with Crippen LogP contribution >= 0.6 is 22.9 Å². The molecule has 140 valence electrons. The van der Waals surface area contributed by atoms with E-state index in [1.807, 2.05) is 0 Å². The molecule has 2 aromatic rings. The molecule has 1 N–H and O–H groups in total. The highest BCUT2D eigenvalue weighted by Gasteiger charge is 2.23. The molecule has 0 saturated heterocycles. The lowest BCUT2D eigenvalue weighted by Gasteiger charge is -2.26. The Morgan fingerprint density at radius 2 is 2.19 bits per heavy atom. The molecule has 1 aromatic heterocycles. The van der Waals surface area contributed by atoms with Crippen LogP contribution in [0.4, 0.5) is 5.69 Å². The first-order chi connectivity index (χ1) is 12.3. The Hall–Kier alpha value is -1.52. The van der Waals surface area contributed by atoms with Crippen molar-refractivity contribution < 1.29 is 13.3 Å². The van der Waals surface area contributed by atoms with E-state index in [0.717, 1.165) is 25.6 Å². The SMILES string of the molecule is Cc1c(Cl)cc(S(=O)(=O)NCCN2CCc3sccc3C2)cc1[N+](=O)[O-]. The normalized spacial score (nSPS) is 15.0. The zero-order valence-corrected chi connectivity index (χ0v) is 16.5. The third-order valence-electron chi connectivity index (χ3n) is 4.40. The Labute approximate surface area is 160 Å². The van der Waals surface area contributed by atoms with Gasteiger partial charge in [-0.3, -0.25) is 15.0 Å². The van der Waals surface area contributed by atoms with E-state index in [9.17, 15) is 18.5 Å². The van der Waals surface area contributed by atoms with Gasteiger partial charge in [0.2, 0.25) is 10.0 Å². The van der Waals surface area contributed by atoms with Gasteiger partial charge in [-0.2, -0.15) is 0 Å². The molecule has 0 bridgehead atoms. The van der Waals surface area contributed by atoms with Gasteiger partial charge >= 0.3 is 0 Å². The first-order valence-corrected chi connectivity index (χ1v) is 10.7. The molecule has 0 aliphatic carbocycles. The average molecular weight is 416 g/mol. The number of nitrogens with zero attached hydrogens (tertiary/aromatic N) is 2. The maximum Gasteiger partial charge on any atom is 0.275 e. The third kappa shape index (κ3) is 4.07. The van der Waals surface area contributed by atoms with E-state index in [1.165, 1.54) is 23.4 Å². The molecular weight excluding hydrogens is 398 g/mol. The number of nitrogens with one attached hydrogen (secondary N) is 1. The number of nitro groups is 1. The maximum absolute atomic E-state index is 12.5. The monoisotopic (exact) mass is 415 g/mol. The molecule has 3 rings (SSSR count). The number of fused-ring (bicyclic) bond motifs is 1. The van der Waals surface area contributed by atoms with E-state index < -0.39 is 14.9 Å². The smallest absolute Gasteiger partial charge is 0.275 e. The highest BCUT2D eigenvalue weighted by Crippen LogP contribution is 2.29. The van der Waals surface area contributed by atoms with Gasteiger partial charge in [-0.25, -0.2) is 13.1 Å². The van der Waals surface area contributed by atoms with Crippen molar-refractivity contribution in [1.82, 2.24) is 9.62 Å². The van der Waals surface area contributed by atoms with Gasteiger partial charge < -0.3 is 0 Å². The molecule has 0 amide bonds. The molecule has 0 saturated carbocycles. The topological polar surface area (TPSA) is 92.6 Å². The van der Waals surface area contributed by atoms with Crippen LogP contribution in [0, 0.1) is 17.0 Å². The number of hydrogen-bond acceptors (Lipinski definition) is 6. The second-order valence-corrected chi connectivity index (χ2v) is 9.27. The highest BCUT2D eigenvalue weighted by molar-refractivity contribution is 7.89. The molecule has 0 fully saturated rings. The van der Waals surface area contributed by atoms with Crippen molar-refractivity contribution in [2.24, 2.45) is 0 Å². The Balaban J connectivity index is 1.65. The molecule has 0 radical (unpaired) electrons. The van der Waals surface area contributed by atoms with Crippen LogP contribution in [0.1, 0.15) is 16.0 Å². The molecule has 26 heavy (non-hydrogen) atoms. The molecule has 1 aliphatic heterocycles. The van der Waals surface area contributed by atoms with Crippen molar-refractivity contribution in [2.75, 3.05) is 19.6 Å². The van der Waals surface area contributed by atoms with Crippen molar-refractivity contribution in [1.29, 1.82) is 0 Å². The average Bonchev–Trinajstić information content (AvgIpc) is 3.04. The summed E-state index contributed by atoms with van der Waals surface area (Å²) in [5.41, 5.74) is 1.24. The predicted octanol–water partition coefficient (Wildman–Crippen LogP) is 2.95. The molecule has 0 spiro atoms. The van der Waals surface area contributed by atoms with Gasteiger partial charge in [0.05, 0.1) is 14.8 Å². The predicted molar refractivity (Wildman–Crippen MR) is 101 cm³/mol. The van der Waals surface area contributed by atoms with Crippen LogP contribution < -0.4 is 4.72 Å². The zero-order valence-electron chi connectivity index (χ0n) is 14.1. The van der Waals surface area contributed by atoms with Crippen LogP contribution in [-0.4, -0.2) is 37.9 Å². The van der Waals surface area contributed by atoms with Crippen LogP contribution in [0.2, 0.25) is 5.02 Å². The summed E-state index contributed by atoms with van der Waals surface area (Å²) >= 11 is 7.71. The molecule has 7 nitrogen and oxygen atoms in total. The summed E-state index contributed by atoms with van der Waals surface area (Å²) in [7, 11) is -3.87. The maximum atomic E-state index is 12.5. The molecular formula is C16H18ClN3O4S2. The second-order valence-electron chi connectivity index (χ2n) is 6.10. The third-order valence-corrected chi connectivity index (χ3v) is 7.26. The van der Waals surface area contributed by atoms with Gasteiger partial charge in [0, 0.05) is 42.7 Å². The van der Waals surface area contributed by atoms with Crippen molar-refractivity contribution >= 4 is 38.6 Å². The first-order valence-electron chi connectivity index (χ1n) is 8.00. The Bertz CT molecular complexity index is 943. The summed E-state index contributed by atoms with van der Waals surface area (Å²) in [5, 5.41) is 13.2. The van der Waals surface area contributed by atoms with Crippen LogP contribution in [0.3, 0.4) is 0 Å². The minimum absolute atomic E-state index is 0.0561. The molecule has 1 aromatic carbocycles. The van der Waals surface area contributed by atoms with Gasteiger partial charge in [-0.15, -0.1) is 11.3 Å². The summed E-state index contributed by atoms with van der Waals surface area (Å²) < 4.78 is 27.4. The number of halogens is 1. The fourth-order valence-corrected chi connectivity index (χ4v) is 5.14. The fourth-order valence-electron chi connectivity index (χ4n) is 2.90. The number of thiophene rings is 1. The number of hydrogen-bond donors (Lipinski definition) is 1. The van der Waals surface area contributed by atoms with Gasteiger partial charge in [0.25, 0.3) is 5.69 Å². The molecule has 2 heterocycles. The summed E-state index contributed by atoms with van der Waals surface area (Å²) in [6.07, 6.45) is 0.972. The van der Waals surface area contributed by atoms with Crippen molar-refractivity contribution in [3.63, 3.8) is 0 Å². The molecule has 0 unspecified atom stereocenters. The number of rotatable bonds is 6. The van der Waals surface area contributed by atoms with Gasteiger partial charge in [0.15, 0.2) is 0 Å². The molecule has 10 heteroatoms. The number of sulfonamides is 1. The van der Waals surface area contributed by atoms with Crippen LogP contribution in [0.5, 0.6) is 0 Å². The van der Waals surface area contributed by atoms with Crippen LogP contribution in [-0.2, 0) is 23.0 Å². The lowest BCUT2D eigenvalue weighted by atomic mass is 10.1. The van der Waals surface area contributed by atoms with Crippen LogP contribution in [0.25, 0.3) is 0 Å². The molecule has 1 aliphatic rings. The van der Waals surface area contributed by atoms with E-state index >= 15 is 0 Å². The molecule has 0 atom stereocenters. The van der Waals surface area contributed by atoms with Gasteiger partial charge in [0.1, 0.15) is 0 Å². The number of benzene rings is 1. The Morgan fingerprint density at radius 1 is 1.42 bits per heavy atom. The largest absolute Gasteiger partial charge is 0.297 e. The minimum Gasteiger partial charge on any atom is -0.297 e. The quantitative estimate of drug-likeness (QED) is 0.578. The number of nitro benzene ring substituents is 1. The van der Waals surface area contributed by atoms with E-state index in [1.54, 1.807) is 11.3 Å². The van der Waals surface area contributed by atoms with Crippen molar-refractivity contribution in [3.8, 4) is 0 Å². The van der Waals surface area contributed by atoms with E-state index in [4.69, 9.17) is 11.6 Å². The van der Waals surface area contributed by atoms with Gasteiger partial charge in [-0.1, -0.05) is 11.6 Å². The Kier molecular flexibility index (Phi) is 5.64. The van der Waals surface area contributed by atoms with E-state index in [0.29, 0.717) is 6.54 Å². The lowest BCUT2D eigenvalue weighted by Crippen LogP contribution is -2.37. The summed E-state index contributed by atoms with van der Waals surface area (Å²) in [4.78, 5) is 13.8. The minimum atomic E-state index is -3.87. The van der Waals surface area contributed by atoms with Crippen LogP contribution in [0.15, 0.2) is 28.5 Å². The standard InChI is InChI=1S/C16H18ClN3O4S2/c1-11-14(17)8-13(9-15(11)20(21)22)26(23,24)18-4-6-19-5-2-16-12(10-19)3-7-25-16/h3,7-9,18H,2,4-6,10H2,1H3. The van der Waals surface area contributed by atoms with E-state index in [2.05, 4.69) is 21.1 Å². The first kappa shape index (κ1) is 19.2. The van der Waals surface area contributed by atoms with Gasteiger partial charge in [-0.05, 0) is 36.4 Å². The highest BCUT2D eigenvalue weighted by atomic mass is 35.5. The fraction of sp³-hybridized carbons (Fsp3) is 0.375. The zero-order chi connectivity index (χ0) is 18.9. The second kappa shape index (κ2) is 7.61. The lowest BCUT2D eigenvalue weighted by molar-refractivity contribution is -0.385. The summed E-state index contributed by atoms with van der Waals surface area (Å²) in [5.74, 6) is 0. The summed E-state index contributed by atoms with van der Waals surface area (Å²) in [6, 6.07) is 4.39. The van der Waals surface area contributed by atoms with Crippen molar-refractivity contribution in [3.05, 3.63) is 54.7 Å². The van der Waals surface area contributed by atoms with E-state index in [-0.39, 0.29) is 27.7 Å². The Morgan fingerprint density at radius 3 is 2.92 bits per heavy atom.